The fourth-order valence-electron chi connectivity index (χ4n) is 5.52. The Morgan fingerprint density at radius 3 is 2.81 bits per heavy atom. The Bertz CT molecular complexity index is 767. The molecule has 2 N–H and O–H groups in total. The highest BCUT2D eigenvalue weighted by Gasteiger charge is 2.42. The van der Waals surface area contributed by atoms with Crippen molar-refractivity contribution in [3.8, 4) is 0 Å². The van der Waals surface area contributed by atoms with Crippen LogP contribution in [0.2, 0.25) is 0 Å². The molecule has 1 amide bonds. The summed E-state index contributed by atoms with van der Waals surface area (Å²) in [6.45, 7) is 12.2. The quantitative estimate of drug-likeness (QED) is 0.489. The Labute approximate surface area is 194 Å². The van der Waals surface area contributed by atoms with Crippen LogP contribution in [0.1, 0.15) is 70.3 Å². The largest absolute Gasteiger partial charge is 0.476 e. The van der Waals surface area contributed by atoms with Gasteiger partial charge in [0.2, 0.25) is 5.91 Å². The fourth-order valence-corrected chi connectivity index (χ4v) is 7.32. The molecule has 0 radical (unpaired) electrons. The number of amides is 1. The number of carbonyl (C=O) groups excluding carboxylic acids is 1. The highest BCUT2D eigenvalue weighted by atomic mass is 32.2. The molecule has 2 fully saturated rings. The zero-order chi connectivity index (χ0) is 22.6. The average Bonchev–Trinajstić information content (AvgIpc) is 3.33. The summed E-state index contributed by atoms with van der Waals surface area (Å²) in [5.41, 5.74) is 0.486. The van der Waals surface area contributed by atoms with Crippen LogP contribution in [0.25, 0.3) is 0 Å². The zero-order valence-electron chi connectivity index (χ0n) is 19.2. The van der Waals surface area contributed by atoms with Gasteiger partial charge in [0.25, 0.3) is 0 Å². The van der Waals surface area contributed by atoms with E-state index in [0.29, 0.717) is 24.3 Å². The molecule has 31 heavy (non-hydrogen) atoms. The van der Waals surface area contributed by atoms with E-state index in [1.807, 2.05) is 4.90 Å². The molecule has 6 nitrogen and oxygen atoms in total. The second-order valence-electron chi connectivity index (χ2n) is 9.66. The monoisotopic (exact) mass is 467 g/mol. The molecule has 1 saturated carbocycles. The molecule has 2 heterocycles. The third kappa shape index (κ3) is 5.82. The van der Waals surface area contributed by atoms with Crippen molar-refractivity contribution in [3.05, 3.63) is 11.1 Å². The number of hydrogen-bond acceptors (Lipinski definition) is 6. The Kier molecular flexibility index (Phi) is 8.44. The number of aromatic nitrogens is 1. The van der Waals surface area contributed by atoms with Gasteiger partial charge in [-0.2, -0.15) is 0 Å². The van der Waals surface area contributed by atoms with Crippen molar-refractivity contribution in [1.82, 2.24) is 15.2 Å². The van der Waals surface area contributed by atoms with Crippen LogP contribution < -0.4 is 5.32 Å². The summed E-state index contributed by atoms with van der Waals surface area (Å²) in [5.74, 6) is 2.21. The number of carboxylic acid groups (broad SMARTS) is 1. The van der Waals surface area contributed by atoms with Gasteiger partial charge in [-0.25, -0.2) is 9.78 Å². The first-order valence-electron chi connectivity index (χ1n) is 11.6. The minimum atomic E-state index is -0.995. The Hall–Kier alpha value is -1.12. The number of thiazole rings is 1. The van der Waals surface area contributed by atoms with Crippen LogP contribution in [-0.4, -0.2) is 58.3 Å². The van der Waals surface area contributed by atoms with E-state index in [4.69, 9.17) is 5.11 Å². The van der Waals surface area contributed by atoms with Gasteiger partial charge in [0.15, 0.2) is 10.0 Å². The average molecular weight is 468 g/mol. The van der Waals surface area contributed by atoms with Gasteiger partial charge in [-0.3, -0.25) is 4.79 Å². The lowest BCUT2D eigenvalue weighted by Gasteiger charge is -2.48. The van der Waals surface area contributed by atoms with E-state index in [-0.39, 0.29) is 17.6 Å². The minimum absolute atomic E-state index is 0.0949. The minimum Gasteiger partial charge on any atom is -0.476 e. The molecule has 0 spiro atoms. The van der Waals surface area contributed by atoms with Crippen LogP contribution in [0.4, 0.5) is 0 Å². The number of carboxylic acids is 1. The van der Waals surface area contributed by atoms with Gasteiger partial charge in [-0.15, -0.1) is 11.3 Å². The summed E-state index contributed by atoms with van der Waals surface area (Å²) in [6, 6.07) is 0.259. The molecular formula is C23H37N3O3S2. The van der Waals surface area contributed by atoms with Crippen molar-refractivity contribution in [2.75, 3.05) is 25.4 Å². The molecule has 174 valence electrons. The second-order valence-corrected chi connectivity index (χ2v) is 11.9. The summed E-state index contributed by atoms with van der Waals surface area (Å²) < 4.78 is 0.749. The molecule has 3 rings (SSSR count). The Balaban J connectivity index is 1.46. The zero-order valence-corrected chi connectivity index (χ0v) is 20.9. The summed E-state index contributed by atoms with van der Waals surface area (Å²) in [7, 11) is 0. The lowest BCUT2D eigenvalue weighted by molar-refractivity contribution is -0.128. The Morgan fingerprint density at radius 2 is 2.13 bits per heavy atom. The highest BCUT2D eigenvalue weighted by molar-refractivity contribution is 8.01. The van der Waals surface area contributed by atoms with Crippen LogP contribution in [0.3, 0.4) is 0 Å². The molecule has 8 heteroatoms. The van der Waals surface area contributed by atoms with Crippen LogP contribution in [0.5, 0.6) is 0 Å². The molecule has 1 aromatic heterocycles. The van der Waals surface area contributed by atoms with Crippen molar-refractivity contribution in [2.24, 2.45) is 23.2 Å². The lowest BCUT2D eigenvalue weighted by atomic mass is 9.58. The van der Waals surface area contributed by atoms with E-state index in [1.54, 1.807) is 5.38 Å². The van der Waals surface area contributed by atoms with Gasteiger partial charge in [0, 0.05) is 36.7 Å². The van der Waals surface area contributed by atoms with Crippen molar-refractivity contribution >= 4 is 35.0 Å². The summed E-state index contributed by atoms with van der Waals surface area (Å²) >= 11 is 2.88. The number of thioether (sulfide) groups is 1. The smallest absolute Gasteiger partial charge is 0.355 e. The summed E-state index contributed by atoms with van der Waals surface area (Å²) in [4.78, 5) is 29.5. The number of rotatable bonds is 10. The third-order valence-electron chi connectivity index (χ3n) is 7.70. The molecule has 4 atom stereocenters. The topological polar surface area (TPSA) is 82.5 Å². The molecule has 2 aliphatic rings. The van der Waals surface area contributed by atoms with Crippen molar-refractivity contribution in [2.45, 2.75) is 70.2 Å². The molecule has 1 aliphatic carbocycles. The van der Waals surface area contributed by atoms with Crippen LogP contribution in [-0.2, 0) is 4.79 Å². The first-order chi connectivity index (χ1) is 14.7. The van der Waals surface area contributed by atoms with Gasteiger partial charge in [0.1, 0.15) is 0 Å². The fraction of sp³-hybridized carbons (Fsp3) is 0.783. The molecule has 1 saturated heterocycles. The van der Waals surface area contributed by atoms with Gasteiger partial charge in [0.05, 0.1) is 0 Å². The molecule has 1 aliphatic heterocycles. The molecule has 0 bridgehead atoms. The van der Waals surface area contributed by atoms with Crippen molar-refractivity contribution in [3.63, 3.8) is 0 Å². The summed E-state index contributed by atoms with van der Waals surface area (Å²) in [6.07, 6.45) is 5.38. The number of carbonyl (C=O) groups is 2. The van der Waals surface area contributed by atoms with E-state index in [1.165, 1.54) is 42.4 Å². The van der Waals surface area contributed by atoms with Crippen LogP contribution >= 0.6 is 23.1 Å². The van der Waals surface area contributed by atoms with Gasteiger partial charge in [-0.1, -0.05) is 45.9 Å². The second kappa shape index (κ2) is 10.7. The standard InChI is InChI=1S/C23H37N3O3S2/c1-5-18-16(7-6-15(2)23(18,3)4)12-24-13-17-8-9-20(27)26(17)10-11-30-22-25-19(14-31-22)21(28)29/h14-18,24H,5-13H2,1-4H3,(H,28,29)/t15-,16+,17-,18+/m1/s1. The third-order valence-corrected chi connectivity index (χ3v) is 9.71. The van der Waals surface area contributed by atoms with Gasteiger partial charge >= 0.3 is 5.97 Å². The predicted octanol–water partition coefficient (Wildman–Crippen LogP) is 4.61. The summed E-state index contributed by atoms with van der Waals surface area (Å²) in [5, 5.41) is 14.3. The van der Waals surface area contributed by atoms with Gasteiger partial charge in [-0.05, 0) is 49.0 Å². The normalized spacial score (nSPS) is 28.3. The van der Waals surface area contributed by atoms with E-state index in [2.05, 4.69) is 38.0 Å². The number of hydrogen-bond donors (Lipinski definition) is 2. The van der Waals surface area contributed by atoms with E-state index in [9.17, 15) is 9.59 Å². The molecular weight excluding hydrogens is 430 g/mol. The van der Waals surface area contributed by atoms with Crippen molar-refractivity contribution < 1.29 is 14.7 Å². The predicted molar refractivity (Wildman–Crippen MR) is 127 cm³/mol. The van der Waals surface area contributed by atoms with E-state index >= 15 is 0 Å². The van der Waals surface area contributed by atoms with E-state index in [0.717, 1.165) is 41.4 Å². The number of nitrogens with one attached hydrogen (secondary N) is 1. The number of nitrogens with zero attached hydrogens (tertiary/aromatic N) is 2. The molecule has 1 aromatic rings. The molecule has 0 aromatic carbocycles. The SMILES string of the molecule is CC[C@H]1[C@H](CNC[C@H]2CCC(=O)N2CCSc2nc(C(=O)O)cs2)CC[C@@H](C)C1(C)C. The van der Waals surface area contributed by atoms with E-state index < -0.39 is 5.97 Å². The lowest BCUT2D eigenvalue weighted by Crippen LogP contribution is -2.46. The number of likely N-dealkylation sites (tertiary alicyclic amines) is 1. The van der Waals surface area contributed by atoms with Crippen molar-refractivity contribution in [1.29, 1.82) is 0 Å². The maximum absolute atomic E-state index is 12.4. The Morgan fingerprint density at radius 1 is 1.35 bits per heavy atom. The first kappa shape index (κ1) is 24.5. The van der Waals surface area contributed by atoms with Crippen LogP contribution in [0.15, 0.2) is 9.72 Å². The number of aromatic carboxylic acids is 1. The maximum atomic E-state index is 12.4. The van der Waals surface area contributed by atoms with Crippen LogP contribution in [0, 0.1) is 23.2 Å². The first-order valence-corrected chi connectivity index (χ1v) is 13.4. The maximum Gasteiger partial charge on any atom is 0.355 e. The molecule has 0 unspecified atom stereocenters. The highest BCUT2D eigenvalue weighted by Crippen LogP contribution is 2.48. The van der Waals surface area contributed by atoms with Gasteiger partial charge < -0.3 is 15.3 Å².